The summed E-state index contributed by atoms with van der Waals surface area (Å²) in [7, 11) is -5.45. The molecule has 0 aromatic heterocycles. The number of aliphatic hydroxyl groups is 7. The smallest absolute Gasteiger partial charge is 0.462 e. The van der Waals surface area contributed by atoms with Crippen LogP contribution >= 0.6 is 7.82 Å². The molecule has 1 saturated heterocycles. The predicted octanol–water partition coefficient (Wildman–Crippen LogP) is 6.54. The largest absolute Gasteiger partial charge is 0.472 e. The zero-order valence-electron chi connectivity index (χ0n) is 39.4. The van der Waals surface area contributed by atoms with Crippen molar-refractivity contribution in [2.75, 3.05) is 13.2 Å². The Morgan fingerprint density at radius 2 is 1.36 bits per heavy atom. The number of esters is 2. The van der Waals surface area contributed by atoms with E-state index in [0.717, 1.165) is 57.8 Å². The van der Waals surface area contributed by atoms with Crippen LogP contribution in [0.15, 0.2) is 48.6 Å². The lowest BCUT2D eigenvalue weighted by Gasteiger charge is -2.36. The highest BCUT2D eigenvalue weighted by Gasteiger charge is 2.49. The van der Waals surface area contributed by atoms with E-state index in [1.807, 2.05) is 6.92 Å². The second-order valence-corrected chi connectivity index (χ2v) is 19.1. The van der Waals surface area contributed by atoms with Crippen molar-refractivity contribution < 1.29 is 78.1 Å². The van der Waals surface area contributed by atoms with Gasteiger partial charge in [-0.15, -0.1) is 0 Å². The number of ketones is 1. The molecule has 2 fully saturated rings. The number of phosphoric acid groups is 1. The Morgan fingerprint density at radius 1 is 0.758 bits per heavy atom. The van der Waals surface area contributed by atoms with Gasteiger partial charge in [-0.2, -0.15) is 0 Å². The molecule has 1 aliphatic heterocycles. The van der Waals surface area contributed by atoms with E-state index < -0.39 is 112 Å². The molecule has 0 amide bonds. The van der Waals surface area contributed by atoms with E-state index in [4.69, 9.17) is 18.5 Å². The molecular weight excluding hydrogens is 875 g/mol. The number of rotatable bonds is 23. The van der Waals surface area contributed by atoms with Crippen LogP contribution in [0.3, 0.4) is 0 Å². The molecular formula is C49H83O16P. The molecule has 0 aromatic carbocycles. The van der Waals surface area contributed by atoms with Crippen LogP contribution in [-0.4, -0.2) is 127 Å². The number of hydrogen-bond acceptors (Lipinski definition) is 15. The van der Waals surface area contributed by atoms with E-state index in [-0.39, 0.29) is 19.3 Å². The number of fused-ring (bicyclic) bond motifs is 4. The maximum absolute atomic E-state index is 13.6. The molecule has 17 heteroatoms. The third-order valence-electron chi connectivity index (χ3n) is 12.0. The lowest BCUT2D eigenvalue weighted by molar-refractivity contribution is -0.166. The van der Waals surface area contributed by atoms with E-state index in [9.17, 15) is 59.6 Å². The van der Waals surface area contributed by atoms with Gasteiger partial charge in [-0.3, -0.25) is 23.4 Å². The van der Waals surface area contributed by atoms with Crippen molar-refractivity contribution in [3.05, 3.63) is 48.6 Å². The zero-order chi connectivity index (χ0) is 48.7. The average Bonchev–Trinajstić information content (AvgIpc) is 3.28. The van der Waals surface area contributed by atoms with Crippen molar-refractivity contribution in [3.8, 4) is 0 Å². The standard InChI is InChI=1S/C49H83O16P/c1-3-5-7-8-9-10-11-12-13-14-15-16-17-18-19-20-25-29-42(53)62-34-37-35-63-66(60,61)65-49-47(58)45(56)39(32-31-36(50)27-23-6-4-2)41(52)33-40(51)38(44(55)46(57)48(49)59)28-24-21-22-26-30-43(54)64-37/h9-10,12-13,15-16,31-32,36-39,41,44-50,52,55-59H,3-8,11,14,17-30,33-35H2,1-2H3,(H,60,61)/b10-9-,13-12-,16-15-,32-31+/t36-,37+,38-,39-,41+,44+,45+,46-,47+,48+,49+/m0/s1. The molecule has 66 heavy (non-hydrogen) atoms. The van der Waals surface area contributed by atoms with Crippen LogP contribution in [0.25, 0.3) is 0 Å². The molecule has 0 spiro atoms. The van der Waals surface area contributed by atoms with Gasteiger partial charge in [-0.05, 0) is 64.2 Å². The van der Waals surface area contributed by atoms with Gasteiger partial charge in [0.2, 0.25) is 0 Å². The van der Waals surface area contributed by atoms with Crippen LogP contribution in [0.2, 0.25) is 0 Å². The summed E-state index contributed by atoms with van der Waals surface area (Å²) in [6, 6.07) is 0. The second kappa shape index (κ2) is 34.6. The quantitative estimate of drug-likeness (QED) is 0.0234. The van der Waals surface area contributed by atoms with Crippen molar-refractivity contribution in [2.45, 2.75) is 216 Å². The van der Waals surface area contributed by atoms with E-state index in [0.29, 0.717) is 44.9 Å². The summed E-state index contributed by atoms with van der Waals surface area (Å²) in [4.78, 5) is 50.0. The molecule has 2 aliphatic rings. The van der Waals surface area contributed by atoms with Gasteiger partial charge in [0.05, 0.1) is 31.0 Å². The van der Waals surface area contributed by atoms with Crippen molar-refractivity contribution in [1.29, 1.82) is 0 Å². The highest BCUT2D eigenvalue weighted by atomic mass is 31.2. The molecule has 0 aromatic rings. The van der Waals surface area contributed by atoms with Gasteiger partial charge in [0.15, 0.2) is 6.10 Å². The summed E-state index contributed by atoms with van der Waals surface area (Å²) < 4.78 is 34.7. The third-order valence-corrected chi connectivity index (χ3v) is 13.0. The fraction of sp³-hybridized carbons (Fsp3) is 0.776. The van der Waals surface area contributed by atoms with Gasteiger partial charge in [0.25, 0.3) is 0 Å². The Bertz CT molecular complexity index is 1520. The molecule has 1 saturated carbocycles. The second-order valence-electron chi connectivity index (χ2n) is 17.7. The number of Topliss-reactive ketones (excluding diaryl/α,β-unsaturated/α-hetero) is 1. The first kappa shape index (κ1) is 59.5. The lowest BCUT2D eigenvalue weighted by Crippen LogP contribution is -2.55. The highest BCUT2D eigenvalue weighted by molar-refractivity contribution is 7.47. The van der Waals surface area contributed by atoms with E-state index in [2.05, 4.69) is 43.4 Å². The topological polar surface area (TPSA) is 267 Å². The number of allylic oxidation sites excluding steroid dienone is 6. The number of aliphatic hydroxyl groups excluding tert-OH is 7. The number of phosphoric ester groups is 1. The molecule has 0 radical (unpaired) electrons. The van der Waals surface area contributed by atoms with Crippen molar-refractivity contribution in [2.24, 2.45) is 11.8 Å². The van der Waals surface area contributed by atoms with Crippen LogP contribution in [0.5, 0.6) is 0 Å². The van der Waals surface area contributed by atoms with Gasteiger partial charge in [0, 0.05) is 31.1 Å². The van der Waals surface area contributed by atoms with E-state index >= 15 is 0 Å². The minimum Gasteiger partial charge on any atom is -0.462 e. The van der Waals surface area contributed by atoms with Crippen molar-refractivity contribution in [1.82, 2.24) is 0 Å². The van der Waals surface area contributed by atoms with Gasteiger partial charge in [-0.1, -0.05) is 127 Å². The third kappa shape index (κ3) is 24.6. The number of cyclic esters (lactones) is 1. The van der Waals surface area contributed by atoms with Gasteiger partial charge >= 0.3 is 19.8 Å². The fourth-order valence-electron chi connectivity index (χ4n) is 7.97. The fourth-order valence-corrected chi connectivity index (χ4v) is 8.94. The molecule has 1 unspecified atom stereocenters. The highest BCUT2D eigenvalue weighted by Crippen LogP contribution is 2.47. The molecule has 1 heterocycles. The first-order valence-corrected chi connectivity index (χ1v) is 26.0. The minimum absolute atomic E-state index is 0.0312. The summed E-state index contributed by atoms with van der Waals surface area (Å²) in [5.74, 6) is -4.90. The van der Waals surface area contributed by atoms with Crippen molar-refractivity contribution in [3.63, 3.8) is 0 Å². The maximum atomic E-state index is 13.6. The summed E-state index contributed by atoms with van der Waals surface area (Å²) in [6.45, 7) is 2.78. The number of carbonyl (C=O) groups is 3. The molecule has 1 aliphatic carbocycles. The minimum atomic E-state index is -5.45. The van der Waals surface area contributed by atoms with Crippen LogP contribution < -0.4 is 0 Å². The number of carbonyl (C=O) groups excluding carboxylic acids is 3. The lowest BCUT2D eigenvalue weighted by atomic mass is 9.83. The van der Waals surface area contributed by atoms with Crippen LogP contribution in [0.4, 0.5) is 0 Å². The summed E-state index contributed by atoms with van der Waals surface area (Å²) in [5, 5.41) is 78.5. The van der Waals surface area contributed by atoms with Crippen LogP contribution in [-0.2, 0) is 37.5 Å². The molecule has 8 N–H and O–H groups in total. The predicted molar refractivity (Wildman–Crippen MR) is 250 cm³/mol. The van der Waals surface area contributed by atoms with Crippen LogP contribution in [0, 0.1) is 11.8 Å². The van der Waals surface area contributed by atoms with Gasteiger partial charge < -0.3 is 50.1 Å². The maximum Gasteiger partial charge on any atom is 0.472 e. The Balaban J connectivity index is 2.11. The number of hydrogen-bond donors (Lipinski definition) is 8. The molecule has 380 valence electrons. The Labute approximate surface area is 392 Å². The first-order valence-electron chi connectivity index (χ1n) is 24.5. The number of unbranched alkanes of at least 4 members (excludes halogenated alkanes) is 9. The van der Waals surface area contributed by atoms with Crippen molar-refractivity contribution >= 4 is 25.5 Å². The molecule has 2 rings (SSSR count). The number of ether oxygens (including phenoxy) is 2. The van der Waals surface area contributed by atoms with Gasteiger partial charge in [-0.25, -0.2) is 4.57 Å². The molecule has 12 atom stereocenters. The monoisotopic (exact) mass is 959 g/mol. The van der Waals surface area contributed by atoms with E-state index in [1.54, 1.807) is 0 Å². The van der Waals surface area contributed by atoms with Crippen LogP contribution in [0.1, 0.15) is 162 Å². The summed E-state index contributed by atoms with van der Waals surface area (Å²) in [6.07, 6.45) is 12.3. The van der Waals surface area contributed by atoms with E-state index in [1.165, 1.54) is 31.4 Å². The zero-order valence-corrected chi connectivity index (χ0v) is 40.3. The summed E-state index contributed by atoms with van der Waals surface area (Å²) >= 11 is 0. The Kier molecular flexibility index (Phi) is 31.2. The molecule has 16 nitrogen and oxygen atoms in total. The Morgan fingerprint density at radius 3 is 2.05 bits per heavy atom. The average molecular weight is 959 g/mol. The normalized spacial score (nSPS) is 31.1. The molecule has 2 bridgehead atoms. The Hall–Kier alpha value is -2.60. The SMILES string of the molecule is CCCCC/C=C\C/C=C\C/C=C\CCCCCCC(=O)OC[C@@H]1COP(=O)(O)O[C@H]2[C@H](O)[C@@H](O)[C@H](O)[C@@H](CCCCCCC(=O)O1)C(=O)C[C@@H](O)[C@H](/C=C/[C@@H](O)CCCCC)[C@@H](O)[C@H]2O. The van der Waals surface area contributed by atoms with Gasteiger partial charge in [0.1, 0.15) is 36.8 Å². The summed E-state index contributed by atoms with van der Waals surface area (Å²) in [5.41, 5.74) is 0. The first-order chi connectivity index (χ1) is 31.6.